The number of hydrogen-bond donors (Lipinski definition) is 1. The van der Waals surface area contributed by atoms with Crippen molar-refractivity contribution < 1.29 is 14.3 Å². The number of methoxy groups -OCH3 is 1. The molecular formula is C19H20ClNO3S. The normalized spacial score (nSPS) is 13.2. The summed E-state index contributed by atoms with van der Waals surface area (Å²) in [7, 11) is 1.37. The lowest BCUT2D eigenvalue weighted by Crippen LogP contribution is -2.15. The smallest absolute Gasteiger partial charge is 0.341 e. The largest absolute Gasteiger partial charge is 0.465 e. The van der Waals surface area contributed by atoms with E-state index in [0.717, 1.165) is 36.8 Å². The van der Waals surface area contributed by atoms with Gasteiger partial charge in [-0.3, -0.25) is 4.79 Å². The minimum atomic E-state index is -0.371. The fourth-order valence-electron chi connectivity index (χ4n) is 3.11. The monoisotopic (exact) mass is 377 g/mol. The molecule has 0 unspecified atom stereocenters. The zero-order valence-corrected chi connectivity index (χ0v) is 15.6. The quantitative estimate of drug-likeness (QED) is 0.772. The van der Waals surface area contributed by atoms with Crippen LogP contribution in [-0.2, 0) is 28.8 Å². The summed E-state index contributed by atoms with van der Waals surface area (Å²) < 4.78 is 4.93. The highest BCUT2D eigenvalue weighted by atomic mass is 35.5. The van der Waals surface area contributed by atoms with Gasteiger partial charge < -0.3 is 10.1 Å². The highest BCUT2D eigenvalue weighted by Crippen LogP contribution is 2.38. The zero-order chi connectivity index (χ0) is 17.8. The summed E-state index contributed by atoms with van der Waals surface area (Å²) in [6, 6.07) is 7.49. The second-order valence-corrected chi connectivity index (χ2v) is 7.63. The van der Waals surface area contributed by atoms with Crippen LogP contribution in [-0.4, -0.2) is 19.0 Å². The fraction of sp³-hybridized carbons (Fsp3) is 0.368. The summed E-state index contributed by atoms with van der Waals surface area (Å²) >= 11 is 7.47. The van der Waals surface area contributed by atoms with Crippen LogP contribution >= 0.6 is 22.9 Å². The van der Waals surface area contributed by atoms with Gasteiger partial charge in [-0.25, -0.2) is 4.79 Å². The van der Waals surface area contributed by atoms with Crippen LogP contribution in [0.2, 0.25) is 5.02 Å². The molecule has 1 aliphatic rings. The molecule has 0 bridgehead atoms. The Balaban J connectivity index is 1.72. The summed E-state index contributed by atoms with van der Waals surface area (Å²) in [6.45, 7) is 0. The Morgan fingerprint density at radius 1 is 1.28 bits per heavy atom. The number of aryl methyl sites for hydroxylation is 2. The fourth-order valence-corrected chi connectivity index (χ4v) is 4.62. The number of ether oxygens (including phenoxy) is 1. The van der Waals surface area contributed by atoms with Crippen LogP contribution in [0.4, 0.5) is 5.00 Å². The van der Waals surface area contributed by atoms with Crippen LogP contribution in [0.15, 0.2) is 24.3 Å². The maximum absolute atomic E-state index is 12.4. The van der Waals surface area contributed by atoms with Gasteiger partial charge in [-0.2, -0.15) is 0 Å². The topological polar surface area (TPSA) is 55.4 Å². The van der Waals surface area contributed by atoms with Gasteiger partial charge in [-0.15, -0.1) is 11.3 Å². The summed E-state index contributed by atoms with van der Waals surface area (Å²) in [5.74, 6) is -0.478. The van der Waals surface area contributed by atoms with Gasteiger partial charge in [0, 0.05) is 16.3 Å². The molecule has 1 aromatic carbocycles. The van der Waals surface area contributed by atoms with Gasteiger partial charge in [0.15, 0.2) is 0 Å². The number of benzene rings is 1. The van der Waals surface area contributed by atoms with Crippen molar-refractivity contribution >= 4 is 39.8 Å². The molecule has 0 aliphatic heterocycles. The number of fused-ring (bicyclic) bond motifs is 1. The first kappa shape index (κ1) is 18.0. The number of thiophene rings is 1. The number of anilines is 1. The summed E-state index contributed by atoms with van der Waals surface area (Å²) in [6.07, 6.45) is 4.96. The summed E-state index contributed by atoms with van der Waals surface area (Å²) in [5.41, 5.74) is 2.60. The number of nitrogens with one attached hydrogen (secondary N) is 1. The maximum Gasteiger partial charge on any atom is 0.341 e. The number of amides is 1. The lowest BCUT2D eigenvalue weighted by Gasteiger charge is -2.11. The van der Waals surface area contributed by atoms with E-state index >= 15 is 0 Å². The zero-order valence-electron chi connectivity index (χ0n) is 14.1. The molecule has 25 heavy (non-hydrogen) atoms. The molecule has 1 aromatic heterocycles. The van der Waals surface area contributed by atoms with Crippen molar-refractivity contribution in [2.24, 2.45) is 0 Å². The highest BCUT2D eigenvalue weighted by molar-refractivity contribution is 7.17. The van der Waals surface area contributed by atoms with Crippen molar-refractivity contribution in [1.82, 2.24) is 0 Å². The third kappa shape index (κ3) is 4.22. The van der Waals surface area contributed by atoms with E-state index in [9.17, 15) is 9.59 Å². The van der Waals surface area contributed by atoms with Crippen molar-refractivity contribution in [2.45, 2.75) is 38.5 Å². The minimum Gasteiger partial charge on any atom is -0.465 e. The molecule has 6 heteroatoms. The number of carbonyl (C=O) groups excluding carboxylic acids is 2. The molecule has 0 spiro atoms. The van der Waals surface area contributed by atoms with Crippen molar-refractivity contribution in [2.75, 3.05) is 12.4 Å². The molecule has 0 saturated heterocycles. The number of esters is 1. The average Bonchev–Trinajstić information content (AvgIpc) is 2.97. The molecule has 1 amide bonds. The third-order valence-electron chi connectivity index (χ3n) is 4.34. The molecule has 3 rings (SSSR count). The molecular weight excluding hydrogens is 358 g/mol. The second-order valence-electron chi connectivity index (χ2n) is 6.08. The van der Waals surface area contributed by atoms with E-state index in [1.807, 2.05) is 24.3 Å². The Labute approximate surface area is 156 Å². The molecule has 0 radical (unpaired) electrons. The van der Waals surface area contributed by atoms with Crippen molar-refractivity contribution in [3.8, 4) is 0 Å². The highest BCUT2D eigenvalue weighted by Gasteiger charge is 2.26. The number of hydrogen-bond acceptors (Lipinski definition) is 4. The van der Waals surface area contributed by atoms with E-state index < -0.39 is 0 Å². The van der Waals surface area contributed by atoms with E-state index in [2.05, 4.69) is 5.32 Å². The molecule has 0 fully saturated rings. The van der Waals surface area contributed by atoms with E-state index in [1.54, 1.807) is 0 Å². The van der Waals surface area contributed by atoms with Crippen LogP contribution in [0.25, 0.3) is 0 Å². The molecule has 1 aliphatic carbocycles. The van der Waals surface area contributed by atoms with Crippen molar-refractivity contribution in [3.05, 3.63) is 50.9 Å². The number of carbonyl (C=O) groups is 2. The van der Waals surface area contributed by atoms with Crippen LogP contribution in [0.3, 0.4) is 0 Å². The number of rotatable bonds is 5. The second kappa shape index (κ2) is 8.02. The molecule has 4 nitrogen and oxygen atoms in total. The van der Waals surface area contributed by atoms with E-state index in [0.29, 0.717) is 28.4 Å². The van der Waals surface area contributed by atoms with E-state index in [4.69, 9.17) is 16.3 Å². The Bertz CT molecular complexity index is 800. The molecule has 1 heterocycles. The standard InChI is InChI=1S/C19H20ClNO3S/c1-24-19(23)17-14-7-2-3-8-15(14)25-18(17)21-16(22)10-9-12-5-4-6-13(20)11-12/h4-6,11H,2-3,7-10H2,1H3,(H,21,22). The predicted octanol–water partition coefficient (Wildman–Crippen LogP) is 4.64. The lowest BCUT2D eigenvalue weighted by molar-refractivity contribution is -0.116. The van der Waals surface area contributed by atoms with Gasteiger partial charge in [-0.05, 0) is 55.4 Å². The SMILES string of the molecule is COC(=O)c1c(NC(=O)CCc2cccc(Cl)c2)sc2c1CCCC2. The summed E-state index contributed by atoms with van der Waals surface area (Å²) in [4.78, 5) is 25.7. The molecule has 2 aromatic rings. The summed E-state index contributed by atoms with van der Waals surface area (Å²) in [5, 5.41) is 4.20. The first-order valence-corrected chi connectivity index (χ1v) is 9.55. The average molecular weight is 378 g/mol. The van der Waals surface area contributed by atoms with Crippen LogP contribution in [0.1, 0.15) is 45.6 Å². The maximum atomic E-state index is 12.4. The third-order valence-corrected chi connectivity index (χ3v) is 5.79. The van der Waals surface area contributed by atoms with Gasteiger partial charge in [-0.1, -0.05) is 23.7 Å². The Kier molecular flexibility index (Phi) is 5.76. The molecule has 132 valence electrons. The van der Waals surface area contributed by atoms with Gasteiger partial charge in [0.05, 0.1) is 12.7 Å². The Morgan fingerprint density at radius 2 is 2.08 bits per heavy atom. The van der Waals surface area contributed by atoms with Gasteiger partial charge in [0.2, 0.25) is 5.91 Å². The molecule has 0 atom stereocenters. The van der Waals surface area contributed by atoms with Gasteiger partial charge in [0.25, 0.3) is 0 Å². The van der Waals surface area contributed by atoms with Crippen molar-refractivity contribution in [3.63, 3.8) is 0 Å². The van der Waals surface area contributed by atoms with Crippen LogP contribution in [0, 0.1) is 0 Å². The van der Waals surface area contributed by atoms with E-state index in [1.165, 1.54) is 23.3 Å². The van der Waals surface area contributed by atoms with Gasteiger partial charge in [0.1, 0.15) is 5.00 Å². The van der Waals surface area contributed by atoms with Gasteiger partial charge >= 0.3 is 5.97 Å². The molecule has 1 N–H and O–H groups in total. The van der Waals surface area contributed by atoms with E-state index in [-0.39, 0.29) is 11.9 Å². The van der Waals surface area contributed by atoms with Crippen LogP contribution in [0.5, 0.6) is 0 Å². The lowest BCUT2D eigenvalue weighted by atomic mass is 9.95. The first-order chi connectivity index (χ1) is 12.1. The van der Waals surface area contributed by atoms with Crippen LogP contribution < -0.4 is 5.32 Å². The number of halogens is 1. The van der Waals surface area contributed by atoms with Crippen molar-refractivity contribution in [1.29, 1.82) is 0 Å². The Morgan fingerprint density at radius 3 is 2.84 bits per heavy atom. The molecule has 0 saturated carbocycles. The predicted molar refractivity (Wildman–Crippen MR) is 101 cm³/mol. The Hall–Kier alpha value is -1.85. The first-order valence-electron chi connectivity index (χ1n) is 8.35. The minimum absolute atomic E-state index is 0.108.